The minimum absolute atomic E-state index is 0.128. The third-order valence-electron chi connectivity index (χ3n) is 3.08. The highest BCUT2D eigenvalue weighted by molar-refractivity contribution is 14.1. The quantitative estimate of drug-likeness (QED) is 0.397. The fourth-order valence-electron chi connectivity index (χ4n) is 1.99. The fraction of sp³-hybridized carbons (Fsp3) is 0.471. The summed E-state index contributed by atoms with van der Waals surface area (Å²) in [5, 5.41) is 0. The summed E-state index contributed by atoms with van der Waals surface area (Å²) in [6.45, 7) is 8.26. The van der Waals surface area contributed by atoms with Crippen LogP contribution in [0.2, 0.25) is 0 Å². The molecule has 0 aliphatic carbocycles. The lowest BCUT2D eigenvalue weighted by Crippen LogP contribution is -2.10. The van der Waals surface area contributed by atoms with Gasteiger partial charge in [-0.15, -0.1) is 0 Å². The van der Waals surface area contributed by atoms with Gasteiger partial charge in [-0.05, 0) is 52.4 Å². The number of benzene rings is 1. The number of carbonyl (C=O) groups excluding carboxylic acids is 1. The molecule has 0 aliphatic rings. The largest absolute Gasteiger partial charge is 0.295 e. The van der Waals surface area contributed by atoms with Crippen LogP contribution in [0, 0.1) is 0 Å². The zero-order chi connectivity index (χ0) is 14.5. The number of alkyl halides is 1. The summed E-state index contributed by atoms with van der Waals surface area (Å²) in [6, 6.07) is 8.63. The van der Waals surface area contributed by atoms with E-state index in [0.29, 0.717) is 0 Å². The van der Waals surface area contributed by atoms with Crippen molar-refractivity contribution in [2.45, 2.75) is 46.0 Å². The van der Waals surface area contributed by atoms with Gasteiger partial charge >= 0.3 is 0 Å². The van der Waals surface area contributed by atoms with E-state index >= 15 is 0 Å². The summed E-state index contributed by atoms with van der Waals surface area (Å²) in [5.74, 6) is 0.128. The maximum atomic E-state index is 11.3. The Kier molecular flexibility index (Phi) is 6.24. The number of halogens is 1. The molecule has 0 unspecified atom stereocenters. The normalized spacial score (nSPS) is 12.6. The van der Waals surface area contributed by atoms with Crippen molar-refractivity contribution in [3.8, 4) is 0 Å². The van der Waals surface area contributed by atoms with Crippen molar-refractivity contribution in [2.75, 3.05) is 4.43 Å². The van der Waals surface area contributed by atoms with Crippen LogP contribution in [0.1, 0.15) is 51.7 Å². The predicted octanol–water partition coefficient (Wildman–Crippen LogP) is 5.17. The van der Waals surface area contributed by atoms with E-state index in [9.17, 15) is 4.79 Å². The van der Waals surface area contributed by atoms with E-state index in [1.807, 2.05) is 0 Å². The van der Waals surface area contributed by atoms with E-state index in [0.717, 1.165) is 22.8 Å². The van der Waals surface area contributed by atoms with Gasteiger partial charge in [-0.1, -0.05) is 67.6 Å². The lowest BCUT2D eigenvalue weighted by Gasteiger charge is -2.19. The smallest absolute Gasteiger partial charge is 0.152 e. The van der Waals surface area contributed by atoms with Crippen molar-refractivity contribution in [3.63, 3.8) is 0 Å². The molecule has 0 saturated heterocycles. The minimum Gasteiger partial charge on any atom is -0.295 e. The van der Waals surface area contributed by atoms with E-state index in [1.54, 1.807) is 13.0 Å². The number of rotatable bonds is 5. The van der Waals surface area contributed by atoms with Crippen LogP contribution in [0.15, 0.2) is 30.3 Å². The van der Waals surface area contributed by atoms with Crippen molar-refractivity contribution < 1.29 is 4.79 Å². The predicted molar refractivity (Wildman–Crippen MR) is 91.9 cm³/mol. The molecular formula is C17H23IO. The zero-order valence-corrected chi connectivity index (χ0v) is 14.5. The molecule has 0 atom stereocenters. The highest BCUT2D eigenvalue weighted by Gasteiger charge is 2.13. The summed E-state index contributed by atoms with van der Waals surface area (Å²) in [4.78, 5) is 11.3. The number of allylic oxidation sites excluding steroid dienone is 2. The number of hydrogen-bond donors (Lipinski definition) is 0. The van der Waals surface area contributed by atoms with E-state index in [1.165, 1.54) is 11.1 Å². The van der Waals surface area contributed by atoms with E-state index < -0.39 is 0 Å². The minimum atomic E-state index is 0.128. The van der Waals surface area contributed by atoms with Crippen LogP contribution in [0.25, 0.3) is 5.57 Å². The van der Waals surface area contributed by atoms with Gasteiger partial charge in [0.15, 0.2) is 5.78 Å². The van der Waals surface area contributed by atoms with Crippen LogP contribution >= 0.6 is 22.6 Å². The zero-order valence-electron chi connectivity index (χ0n) is 12.3. The molecule has 0 aliphatic heterocycles. The highest BCUT2D eigenvalue weighted by atomic mass is 127. The second-order valence-corrected chi connectivity index (χ2v) is 6.98. The average Bonchev–Trinajstić information content (AvgIpc) is 2.33. The first kappa shape index (κ1) is 16.4. The molecule has 0 aromatic heterocycles. The lowest BCUT2D eigenvalue weighted by atomic mass is 9.86. The van der Waals surface area contributed by atoms with Crippen LogP contribution in [-0.4, -0.2) is 10.2 Å². The van der Waals surface area contributed by atoms with Gasteiger partial charge in [0.25, 0.3) is 0 Å². The second kappa shape index (κ2) is 7.22. The first-order valence-corrected chi connectivity index (χ1v) is 8.25. The molecule has 0 spiro atoms. The summed E-state index contributed by atoms with van der Waals surface area (Å²) < 4.78 is 1.12. The van der Waals surface area contributed by atoms with Gasteiger partial charge in [0.1, 0.15) is 0 Å². The molecule has 0 fully saturated rings. The molecule has 1 nitrogen and oxygen atoms in total. The Balaban J connectivity index is 3.01. The van der Waals surface area contributed by atoms with Crippen molar-refractivity contribution in [1.82, 2.24) is 0 Å². The standard InChI is InChI=1S/C17H23IO/c1-13(19)12-15(6-5-11-18)14-7-9-16(10-8-14)17(2,3)4/h7-10,12H,5-6,11H2,1-4H3/b15-12+. The third-order valence-corrected chi connectivity index (χ3v) is 3.84. The molecule has 0 saturated carbocycles. The van der Waals surface area contributed by atoms with Gasteiger partial charge in [0, 0.05) is 0 Å². The van der Waals surface area contributed by atoms with Gasteiger partial charge in [-0.3, -0.25) is 4.79 Å². The molecule has 104 valence electrons. The Labute approximate surface area is 130 Å². The Hall–Kier alpha value is -0.640. The molecule has 1 aromatic carbocycles. The number of ketones is 1. The maximum absolute atomic E-state index is 11.3. The van der Waals surface area contributed by atoms with Crippen LogP contribution in [0.5, 0.6) is 0 Å². The van der Waals surface area contributed by atoms with Gasteiger partial charge in [0.05, 0.1) is 0 Å². The van der Waals surface area contributed by atoms with Crippen molar-refractivity contribution in [2.24, 2.45) is 0 Å². The summed E-state index contributed by atoms with van der Waals surface area (Å²) >= 11 is 2.38. The van der Waals surface area contributed by atoms with Crippen LogP contribution in [0.3, 0.4) is 0 Å². The highest BCUT2D eigenvalue weighted by Crippen LogP contribution is 2.26. The molecule has 19 heavy (non-hydrogen) atoms. The van der Waals surface area contributed by atoms with Crippen LogP contribution in [0.4, 0.5) is 0 Å². The topological polar surface area (TPSA) is 17.1 Å². The summed E-state index contributed by atoms with van der Waals surface area (Å²) in [5.41, 5.74) is 3.83. The molecule has 1 aromatic rings. The van der Waals surface area contributed by atoms with E-state index in [-0.39, 0.29) is 11.2 Å². The number of carbonyl (C=O) groups is 1. The first-order chi connectivity index (χ1) is 8.84. The monoisotopic (exact) mass is 370 g/mol. The average molecular weight is 370 g/mol. The number of hydrogen-bond acceptors (Lipinski definition) is 1. The van der Waals surface area contributed by atoms with E-state index in [2.05, 4.69) is 67.6 Å². The van der Waals surface area contributed by atoms with Crippen molar-refractivity contribution in [3.05, 3.63) is 41.5 Å². The van der Waals surface area contributed by atoms with Gasteiger partial charge in [0.2, 0.25) is 0 Å². The summed E-state index contributed by atoms with van der Waals surface area (Å²) in [6.07, 6.45) is 3.86. The van der Waals surface area contributed by atoms with Gasteiger partial charge < -0.3 is 0 Å². The Bertz CT molecular complexity index is 449. The molecule has 0 N–H and O–H groups in total. The second-order valence-electron chi connectivity index (χ2n) is 5.90. The molecular weight excluding hydrogens is 347 g/mol. The Morgan fingerprint density at radius 3 is 2.21 bits per heavy atom. The molecule has 0 radical (unpaired) electrons. The summed E-state index contributed by atoms with van der Waals surface area (Å²) in [7, 11) is 0. The van der Waals surface area contributed by atoms with Crippen molar-refractivity contribution >= 4 is 33.9 Å². The Morgan fingerprint density at radius 2 is 1.79 bits per heavy atom. The SMILES string of the molecule is CC(=O)/C=C(\CCCI)c1ccc(C(C)(C)C)cc1. The van der Waals surface area contributed by atoms with E-state index in [4.69, 9.17) is 0 Å². The van der Waals surface area contributed by atoms with Crippen molar-refractivity contribution in [1.29, 1.82) is 0 Å². The first-order valence-electron chi connectivity index (χ1n) is 6.72. The third kappa shape index (κ3) is 5.47. The van der Waals surface area contributed by atoms with Crippen LogP contribution < -0.4 is 0 Å². The molecule has 0 heterocycles. The Morgan fingerprint density at radius 1 is 1.21 bits per heavy atom. The van der Waals surface area contributed by atoms with Gasteiger partial charge in [-0.2, -0.15) is 0 Å². The van der Waals surface area contributed by atoms with Gasteiger partial charge in [-0.25, -0.2) is 0 Å². The molecule has 0 bridgehead atoms. The van der Waals surface area contributed by atoms with Crippen LogP contribution in [-0.2, 0) is 10.2 Å². The molecule has 2 heteroatoms. The lowest BCUT2D eigenvalue weighted by molar-refractivity contribution is -0.112. The maximum Gasteiger partial charge on any atom is 0.152 e. The fourth-order valence-corrected chi connectivity index (χ4v) is 2.37. The molecule has 1 rings (SSSR count). The molecule has 0 amide bonds.